The molecule has 0 aliphatic carbocycles. The minimum absolute atomic E-state index is 0.0659. The smallest absolute Gasteiger partial charge is 0.467 e. The molecule has 7 nitrogen and oxygen atoms in total. The average Bonchev–Trinajstić information content (AvgIpc) is 2.96. The van der Waals surface area contributed by atoms with Gasteiger partial charge in [-0.1, -0.05) is 0 Å². The van der Waals surface area contributed by atoms with Crippen LogP contribution in [0, 0.1) is 13.8 Å². The van der Waals surface area contributed by atoms with E-state index in [1.807, 2.05) is 41.5 Å². The van der Waals surface area contributed by atoms with E-state index in [0.29, 0.717) is 17.9 Å². The fourth-order valence-corrected chi connectivity index (χ4v) is 3.30. The van der Waals surface area contributed by atoms with E-state index < -0.39 is 24.1 Å². The molecular formula is C19H30BNO6. The van der Waals surface area contributed by atoms with Gasteiger partial charge in [0.1, 0.15) is 0 Å². The number of hydrogen-bond donors (Lipinski definition) is 1. The molecular weight excluding hydrogens is 349 g/mol. The first-order valence-corrected chi connectivity index (χ1v) is 9.23. The standard InChI is InChI=1S/C19H30BNO6/c1-9-25-17(23)15-11(2)16(21-12(15)3)13(10-14(22)24-8)20-26-18(4,5)19(6,7)27-20/h13,21H,9-10H2,1-8H3. The third-order valence-corrected chi connectivity index (χ3v) is 5.54. The van der Waals surface area contributed by atoms with Crippen LogP contribution in [0.2, 0.25) is 0 Å². The van der Waals surface area contributed by atoms with Gasteiger partial charge in [0.25, 0.3) is 0 Å². The van der Waals surface area contributed by atoms with Gasteiger partial charge in [-0.05, 0) is 54.0 Å². The first-order valence-electron chi connectivity index (χ1n) is 9.23. The zero-order chi connectivity index (χ0) is 20.6. The van der Waals surface area contributed by atoms with Crippen molar-refractivity contribution < 1.29 is 28.4 Å². The Bertz CT molecular complexity index is 708. The van der Waals surface area contributed by atoms with Crippen molar-refractivity contribution in [2.45, 2.75) is 71.9 Å². The van der Waals surface area contributed by atoms with Gasteiger partial charge in [-0.3, -0.25) is 4.79 Å². The Balaban J connectivity index is 2.46. The summed E-state index contributed by atoms with van der Waals surface area (Å²) in [6.45, 7) is 13.5. The second kappa shape index (κ2) is 7.68. The molecule has 0 amide bonds. The van der Waals surface area contributed by atoms with E-state index in [1.165, 1.54) is 7.11 Å². The highest BCUT2D eigenvalue weighted by atomic mass is 16.7. The van der Waals surface area contributed by atoms with Crippen LogP contribution in [-0.2, 0) is 23.6 Å². The number of carbonyl (C=O) groups excluding carboxylic acids is 2. The van der Waals surface area contributed by atoms with Gasteiger partial charge < -0.3 is 23.8 Å². The highest BCUT2D eigenvalue weighted by Gasteiger charge is 2.55. The van der Waals surface area contributed by atoms with Crippen molar-refractivity contribution in [2.75, 3.05) is 13.7 Å². The molecule has 0 radical (unpaired) electrons. The number of methoxy groups -OCH3 is 1. The molecule has 0 aromatic carbocycles. The van der Waals surface area contributed by atoms with E-state index in [2.05, 4.69) is 4.98 Å². The second-order valence-corrected chi connectivity index (χ2v) is 7.90. The molecule has 0 spiro atoms. The Labute approximate surface area is 161 Å². The van der Waals surface area contributed by atoms with Crippen LogP contribution in [0.4, 0.5) is 0 Å². The topological polar surface area (TPSA) is 86.9 Å². The summed E-state index contributed by atoms with van der Waals surface area (Å²) >= 11 is 0. The second-order valence-electron chi connectivity index (χ2n) is 7.90. The maximum atomic E-state index is 12.3. The van der Waals surface area contributed by atoms with Crippen molar-refractivity contribution in [1.82, 2.24) is 4.98 Å². The van der Waals surface area contributed by atoms with Crippen LogP contribution < -0.4 is 0 Å². The SMILES string of the molecule is CCOC(=O)c1c(C)[nH]c(C(CC(=O)OC)B2OC(C)(C)C(C)(C)O2)c1C. The lowest BCUT2D eigenvalue weighted by Gasteiger charge is -2.32. The molecule has 1 N–H and O–H groups in total. The van der Waals surface area contributed by atoms with E-state index in [1.54, 1.807) is 6.92 Å². The minimum atomic E-state index is -0.652. The van der Waals surface area contributed by atoms with Crippen LogP contribution in [0.15, 0.2) is 0 Å². The molecule has 1 aliphatic rings. The summed E-state index contributed by atoms with van der Waals surface area (Å²) in [6, 6.07) is 0. The average molecular weight is 379 g/mol. The molecule has 1 unspecified atom stereocenters. The predicted molar refractivity (Wildman–Crippen MR) is 102 cm³/mol. The largest absolute Gasteiger partial charge is 0.469 e. The Hall–Kier alpha value is -1.80. The van der Waals surface area contributed by atoms with E-state index in [4.69, 9.17) is 18.8 Å². The molecule has 1 aromatic rings. The van der Waals surface area contributed by atoms with Crippen molar-refractivity contribution in [2.24, 2.45) is 0 Å². The third-order valence-electron chi connectivity index (χ3n) is 5.54. The maximum absolute atomic E-state index is 12.3. The molecule has 0 bridgehead atoms. The number of nitrogens with one attached hydrogen (secondary N) is 1. The molecule has 1 fully saturated rings. The Morgan fingerprint density at radius 2 is 1.70 bits per heavy atom. The van der Waals surface area contributed by atoms with Crippen molar-refractivity contribution in [1.29, 1.82) is 0 Å². The number of carbonyl (C=O) groups is 2. The van der Waals surface area contributed by atoms with E-state index in [9.17, 15) is 9.59 Å². The molecule has 1 saturated heterocycles. The van der Waals surface area contributed by atoms with E-state index in [-0.39, 0.29) is 18.4 Å². The molecule has 1 atom stereocenters. The van der Waals surface area contributed by atoms with Crippen molar-refractivity contribution in [3.05, 3.63) is 22.5 Å². The summed E-state index contributed by atoms with van der Waals surface area (Å²) < 4.78 is 22.4. The number of aryl methyl sites for hydroxylation is 1. The third kappa shape index (κ3) is 4.06. The fraction of sp³-hybridized carbons (Fsp3) is 0.684. The highest BCUT2D eigenvalue weighted by Crippen LogP contribution is 2.42. The number of rotatable bonds is 6. The molecule has 150 valence electrons. The van der Waals surface area contributed by atoms with Crippen LogP contribution in [0.25, 0.3) is 0 Å². The van der Waals surface area contributed by atoms with Crippen LogP contribution in [0.3, 0.4) is 0 Å². The van der Waals surface area contributed by atoms with E-state index >= 15 is 0 Å². The molecule has 2 rings (SSSR count). The monoisotopic (exact) mass is 379 g/mol. The van der Waals surface area contributed by atoms with Crippen molar-refractivity contribution in [3.8, 4) is 0 Å². The fourth-order valence-electron chi connectivity index (χ4n) is 3.30. The van der Waals surface area contributed by atoms with Crippen LogP contribution in [0.1, 0.15) is 74.2 Å². The van der Waals surface area contributed by atoms with Crippen LogP contribution in [0.5, 0.6) is 0 Å². The first kappa shape index (κ1) is 21.5. The Kier molecular flexibility index (Phi) is 6.11. The van der Waals surface area contributed by atoms with Gasteiger partial charge in [0.15, 0.2) is 0 Å². The number of esters is 2. The zero-order valence-corrected chi connectivity index (χ0v) is 17.5. The predicted octanol–water partition coefficient (Wildman–Crippen LogP) is 3.09. The highest BCUT2D eigenvalue weighted by molar-refractivity contribution is 6.48. The van der Waals surface area contributed by atoms with Gasteiger partial charge in [-0.15, -0.1) is 0 Å². The summed E-state index contributed by atoms with van der Waals surface area (Å²) in [5.74, 6) is -1.21. The molecule has 1 aromatic heterocycles. The lowest BCUT2D eigenvalue weighted by Crippen LogP contribution is -2.41. The Morgan fingerprint density at radius 1 is 1.15 bits per heavy atom. The molecule has 2 heterocycles. The van der Waals surface area contributed by atoms with Crippen LogP contribution in [-0.4, -0.2) is 49.0 Å². The number of hydrogen-bond acceptors (Lipinski definition) is 6. The van der Waals surface area contributed by atoms with Crippen LogP contribution >= 0.6 is 0 Å². The minimum Gasteiger partial charge on any atom is -0.469 e. The van der Waals surface area contributed by atoms with Gasteiger partial charge in [-0.2, -0.15) is 0 Å². The molecule has 1 aliphatic heterocycles. The summed E-state index contributed by atoms with van der Waals surface area (Å²) in [6.07, 6.45) is 0.0659. The van der Waals surface area contributed by atoms with Crippen molar-refractivity contribution >= 4 is 19.1 Å². The van der Waals surface area contributed by atoms with Gasteiger partial charge in [0.2, 0.25) is 0 Å². The summed E-state index contributed by atoms with van der Waals surface area (Å²) in [4.78, 5) is 27.7. The quantitative estimate of drug-likeness (QED) is 0.604. The number of ether oxygens (including phenoxy) is 2. The van der Waals surface area contributed by atoms with E-state index in [0.717, 1.165) is 11.3 Å². The number of aromatic nitrogens is 1. The Morgan fingerprint density at radius 3 is 2.19 bits per heavy atom. The summed E-state index contributed by atoms with van der Waals surface area (Å²) in [5.41, 5.74) is 1.55. The van der Waals surface area contributed by atoms with Gasteiger partial charge >= 0.3 is 19.1 Å². The molecule has 8 heteroatoms. The molecule has 27 heavy (non-hydrogen) atoms. The molecule has 0 saturated carbocycles. The number of H-pyrrole nitrogens is 1. The lowest BCUT2D eigenvalue weighted by molar-refractivity contribution is -0.140. The number of aromatic amines is 1. The lowest BCUT2D eigenvalue weighted by atomic mass is 9.67. The van der Waals surface area contributed by atoms with Gasteiger partial charge in [-0.25, -0.2) is 4.79 Å². The summed E-state index contributed by atoms with van der Waals surface area (Å²) in [7, 11) is 0.696. The van der Waals surface area contributed by atoms with Gasteiger partial charge in [0.05, 0.1) is 36.9 Å². The normalized spacial score (nSPS) is 19.0. The van der Waals surface area contributed by atoms with Gasteiger partial charge in [0, 0.05) is 17.2 Å². The summed E-state index contributed by atoms with van der Waals surface area (Å²) in [5, 5.41) is 0. The maximum Gasteiger partial charge on any atom is 0.467 e. The zero-order valence-electron chi connectivity index (χ0n) is 17.5. The van der Waals surface area contributed by atoms with Crippen molar-refractivity contribution in [3.63, 3.8) is 0 Å². The first-order chi connectivity index (χ1) is 12.4.